The second kappa shape index (κ2) is 4.01. The molecule has 1 nitrogen and oxygen atoms in total. The van der Waals surface area contributed by atoms with Crippen molar-refractivity contribution in [3.63, 3.8) is 0 Å². The Balaban J connectivity index is 3.03. The van der Waals surface area contributed by atoms with Gasteiger partial charge < -0.3 is 4.90 Å². The van der Waals surface area contributed by atoms with Crippen LogP contribution in [0.3, 0.4) is 0 Å². The molecule has 12 heavy (non-hydrogen) atoms. The molecule has 0 radical (unpaired) electrons. The van der Waals surface area contributed by atoms with E-state index in [2.05, 4.69) is 0 Å². The average Bonchev–Trinajstić information content (AvgIpc) is 2.03. The Morgan fingerprint density at radius 2 is 2.00 bits per heavy atom. The standard InChI is InChI=1S/C9H11Cl2N/c1-12(2)9-4-3-7(6-10)5-8(9)11/h3-5H,6H2,1-2H3. The van der Waals surface area contributed by atoms with E-state index in [1.165, 1.54) is 0 Å². The molecule has 1 rings (SSSR count). The van der Waals surface area contributed by atoms with E-state index in [1.807, 2.05) is 37.2 Å². The van der Waals surface area contributed by atoms with Crippen LogP contribution in [-0.4, -0.2) is 14.1 Å². The van der Waals surface area contributed by atoms with Gasteiger partial charge in [-0.25, -0.2) is 0 Å². The lowest BCUT2D eigenvalue weighted by atomic mass is 10.2. The summed E-state index contributed by atoms with van der Waals surface area (Å²) in [7, 11) is 3.92. The maximum Gasteiger partial charge on any atom is 0.0642 e. The summed E-state index contributed by atoms with van der Waals surface area (Å²) in [5.74, 6) is 0.507. The third-order valence-electron chi connectivity index (χ3n) is 1.65. The van der Waals surface area contributed by atoms with Crippen molar-refractivity contribution in [3.8, 4) is 0 Å². The third kappa shape index (κ3) is 2.05. The minimum atomic E-state index is 0.507. The number of halogens is 2. The monoisotopic (exact) mass is 203 g/mol. The molecular weight excluding hydrogens is 193 g/mol. The Labute approximate surface area is 82.9 Å². The van der Waals surface area contributed by atoms with Gasteiger partial charge in [0, 0.05) is 20.0 Å². The Hall–Kier alpha value is -0.400. The number of hydrogen-bond acceptors (Lipinski definition) is 1. The zero-order valence-corrected chi connectivity index (χ0v) is 8.65. The first-order chi connectivity index (χ1) is 5.65. The molecule has 0 amide bonds. The van der Waals surface area contributed by atoms with Gasteiger partial charge in [0.15, 0.2) is 0 Å². The van der Waals surface area contributed by atoms with Crippen molar-refractivity contribution in [1.29, 1.82) is 0 Å². The summed E-state index contributed by atoms with van der Waals surface area (Å²) in [6, 6.07) is 5.85. The molecule has 1 aromatic rings. The lowest BCUT2D eigenvalue weighted by molar-refractivity contribution is 1.13. The number of alkyl halides is 1. The molecule has 0 aliphatic heterocycles. The highest BCUT2D eigenvalue weighted by Gasteiger charge is 2.02. The van der Waals surface area contributed by atoms with E-state index >= 15 is 0 Å². The summed E-state index contributed by atoms with van der Waals surface area (Å²) in [4.78, 5) is 1.97. The van der Waals surface area contributed by atoms with Crippen molar-refractivity contribution >= 4 is 28.9 Å². The van der Waals surface area contributed by atoms with Gasteiger partial charge in [-0.1, -0.05) is 17.7 Å². The summed E-state index contributed by atoms with van der Waals surface area (Å²) in [5, 5.41) is 0.748. The first-order valence-corrected chi connectivity index (χ1v) is 4.58. The van der Waals surface area contributed by atoms with E-state index in [4.69, 9.17) is 23.2 Å². The smallest absolute Gasteiger partial charge is 0.0642 e. The van der Waals surface area contributed by atoms with Crippen LogP contribution >= 0.6 is 23.2 Å². The Morgan fingerprint density at radius 3 is 2.42 bits per heavy atom. The summed E-state index contributed by atoms with van der Waals surface area (Å²) in [6.45, 7) is 0. The van der Waals surface area contributed by atoms with Crippen LogP contribution in [0, 0.1) is 0 Å². The fourth-order valence-corrected chi connectivity index (χ4v) is 1.53. The van der Waals surface area contributed by atoms with Crippen LogP contribution in [0.4, 0.5) is 5.69 Å². The maximum atomic E-state index is 6.00. The molecule has 0 N–H and O–H groups in total. The number of rotatable bonds is 2. The lowest BCUT2D eigenvalue weighted by Crippen LogP contribution is -2.09. The highest BCUT2D eigenvalue weighted by Crippen LogP contribution is 2.25. The number of hydrogen-bond donors (Lipinski definition) is 0. The summed E-state index contributed by atoms with van der Waals surface area (Å²) < 4.78 is 0. The summed E-state index contributed by atoms with van der Waals surface area (Å²) >= 11 is 11.7. The highest BCUT2D eigenvalue weighted by molar-refractivity contribution is 6.33. The zero-order valence-electron chi connectivity index (χ0n) is 7.14. The molecule has 0 aromatic heterocycles. The number of benzene rings is 1. The molecule has 0 aliphatic rings. The van der Waals surface area contributed by atoms with Crippen molar-refractivity contribution < 1.29 is 0 Å². The zero-order chi connectivity index (χ0) is 9.14. The summed E-state index contributed by atoms with van der Waals surface area (Å²) in [6.07, 6.45) is 0. The van der Waals surface area contributed by atoms with Gasteiger partial charge in [0.25, 0.3) is 0 Å². The molecule has 0 heterocycles. The van der Waals surface area contributed by atoms with Gasteiger partial charge in [-0.05, 0) is 17.7 Å². The van der Waals surface area contributed by atoms with Crippen molar-refractivity contribution in [2.75, 3.05) is 19.0 Å². The molecule has 0 aliphatic carbocycles. The fraction of sp³-hybridized carbons (Fsp3) is 0.333. The first kappa shape index (κ1) is 9.69. The van der Waals surface area contributed by atoms with Crippen LogP contribution in [0.15, 0.2) is 18.2 Å². The molecule has 0 unspecified atom stereocenters. The van der Waals surface area contributed by atoms with Crippen LogP contribution in [-0.2, 0) is 5.88 Å². The molecule has 0 spiro atoms. The molecule has 1 aromatic carbocycles. The van der Waals surface area contributed by atoms with E-state index in [0.29, 0.717) is 5.88 Å². The van der Waals surface area contributed by atoms with Gasteiger partial charge in [-0.15, -0.1) is 11.6 Å². The Kier molecular flexibility index (Phi) is 3.24. The van der Waals surface area contributed by atoms with Crippen LogP contribution in [0.1, 0.15) is 5.56 Å². The fourth-order valence-electron chi connectivity index (χ4n) is 0.996. The van der Waals surface area contributed by atoms with Crippen LogP contribution in [0.2, 0.25) is 5.02 Å². The predicted molar refractivity (Wildman–Crippen MR) is 55.3 cm³/mol. The molecule has 0 fully saturated rings. The SMILES string of the molecule is CN(C)c1ccc(CCl)cc1Cl. The Morgan fingerprint density at radius 1 is 1.33 bits per heavy atom. The molecule has 66 valence electrons. The van der Waals surface area contributed by atoms with E-state index in [1.54, 1.807) is 0 Å². The molecule has 0 saturated heterocycles. The van der Waals surface area contributed by atoms with Crippen molar-refractivity contribution in [2.24, 2.45) is 0 Å². The van der Waals surface area contributed by atoms with Crippen molar-refractivity contribution in [2.45, 2.75) is 5.88 Å². The minimum absolute atomic E-state index is 0.507. The summed E-state index contributed by atoms with van der Waals surface area (Å²) in [5.41, 5.74) is 2.07. The van der Waals surface area contributed by atoms with Gasteiger partial charge in [0.2, 0.25) is 0 Å². The van der Waals surface area contributed by atoms with Crippen molar-refractivity contribution in [1.82, 2.24) is 0 Å². The molecule has 0 atom stereocenters. The van der Waals surface area contributed by atoms with E-state index < -0.39 is 0 Å². The first-order valence-electron chi connectivity index (χ1n) is 3.67. The lowest BCUT2D eigenvalue weighted by Gasteiger charge is -2.14. The topological polar surface area (TPSA) is 3.24 Å². The molecule has 0 bridgehead atoms. The van der Waals surface area contributed by atoms with Gasteiger partial charge in [0.05, 0.1) is 10.7 Å². The normalized spacial score (nSPS) is 10.0. The second-order valence-corrected chi connectivity index (χ2v) is 3.49. The second-order valence-electron chi connectivity index (χ2n) is 2.81. The maximum absolute atomic E-state index is 6.00. The molecular formula is C9H11Cl2N. The van der Waals surface area contributed by atoms with Gasteiger partial charge >= 0.3 is 0 Å². The number of nitrogens with zero attached hydrogens (tertiary/aromatic N) is 1. The van der Waals surface area contributed by atoms with E-state index in [-0.39, 0.29) is 0 Å². The minimum Gasteiger partial charge on any atom is -0.376 e. The van der Waals surface area contributed by atoms with Crippen LogP contribution in [0.25, 0.3) is 0 Å². The number of anilines is 1. The van der Waals surface area contributed by atoms with Crippen LogP contribution in [0.5, 0.6) is 0 Å². The van der Waals surface area contributed by atoms with E-state index in [9.17, 15) is 0 Å². The average molecular weight is 204 g/mol. The van der Waals surface area contributed by atoms with Gasteiger partial charge in [-0.3, -0.25) is 0 Å². The largest absolute Gasteiger partial charge is 0.376 e. The van der Waals surface area contributed by atoms with Gasteiger partial charge in [-0.2, -0.15) is 0 Å². The highest BCUT2D eigenvalue weighted by atomic mass is 35.5. The van der Waals surface area contributed by atoms with E-state index in [0.717, 1.165) is 16.3 Å². The quantitative estimate of drug-likeness (QED) is 0.669. The van der Waals surface area contributed by atoms with Crippen molar-refractivity contribution in [3.05, 3.63) is 28.8 Å². The third-order valence-corrected chi connectivity index (χ3v) is 2.26. The van der Waals surface area contributed by atoms with Gasteiger partial charge in [0.1, 0.15) is 0 Å². The molecule has 3 heteroatoms. The Bertz CT molecular complexity index is 271. The van der Waals surface area contributed by atoms with Crippen LogP contribution < -0.4 is 4.90 Å². The predicted octanol–water partition coefficient (Wildman–Crippen LogP) is 3.14. The molecule has 0 saturated carbocycles.